The maximum absolute atomic E-state index is 12.3. The molecule has 116 valence electrons. The molecule has 0 heterocycles. The number of nitrogens with zero attached hydrogens (tertiary/aromatic N) is 1. The van der Waals surface area contributed by atoms with Crippen molar-refractivity contribution in [2.45, 2.75) is 45.6 Å². The number of benzene rings is 1. The molecular formula is C17H25NO3. The van der Waals surface area contributed by atoms with Gasteiger partial charge in [0.05, 0.1) is 19.6 Å². The molecule has 0 unspecified atom stereocenters. The summed E-state index contributed by atoms with van der Waals surface area (Å²) in [6.07, 6.45) is 3.66. The second-order valence-electron chi connectivity index (χ2n) is 5.71. The Kier molecular flexibility index (Phi) is 5.62. The number of hydrogen-bond donors (Lipinski definition) is 1. The molecule has 1 N–H and O–H groups in total. The highest BCUT2D eigenvalue weighted by atomic mass is 16.5. The lowest BCUT2D eigenvalue weighted by atomic mass is 9.91. The molecule has 0 spiro atoms. The van der Waals surface area contributed by atoms with Crippen LogP contribution in [0.25, 0.3) is 0 Å². The van der Waals surface area contributed by atoms with E-state index in [1.54, 1.807) is 0 Å². The molecule has 4 heteroatoms. The van der Waals surface area contributed by atoms with Crippen molar-refractivity contribution in [1.29, 1.82) is 0 Å². The quantitative estimate of drug-likeness (QED) is 0.839. The number of hydrogen-bond acceptors (Lipinski definition) is 3. The Morgan fingerprint density at radius 2 is 2.00 bits per heavy atom. The highest BCUT2D eigenvalue weighted by Gasteiger charge is 2.27. The van der Waals surface area contributed by atoms with Crippen molar-refractivity contribution in [2.75, 3.05) is 19.8 Å². The summed E-state index contributed by atoms with van der Waals surface area (Å²) in [4.78, 5) is 14.1. The molecule has 0 aromatic heterocycles. The second-order valence-corrected chi connectivity index (χ2v) is 5.71. The van der Waals surface area contributed by atoms with Crippen LogP contribution in [0.3, 0.4) is 0 Å². The second kappa shape index (κ2) is 7.46. The van der Waals surface area contributed by atoms with Crippen molar-refractivity contribution in [1.82, 2.24) is 4.90 Å². The van der Waals surface area contributed by atoms with Crippen molar-refractivity contribution in [2.24, 2.45) is 0 Å². The maximum atomic E-state index is 12.3. The van der Waals surface area contributed by atoms with Gasteiger partial charge in [-0.2, -0.15) is 0 Å². The summed E-state index contributed by atoms with van der Waals surface area (Å²) >= 11 is 0. The summed E-state index contributed by atoms with van der Waals surface area (Å²) in [5.74, 6) is 0.961. The number of carbonyl (C=O) groups excluding carboxylic acids is 1. The van der Waals surface area contributed by atoms with Crippen molar-refractivity contribution in [3.05, 3.63) is 29.3 Å². The number of aryl methyl sites for hydroxylation is 2. The first-order chi connectivity index (χ1) is 10.1. The van der Waals surface area contributed by atoms with Gasteiger partial charge < -0.3 is 14.7 Å². The molecular weight excluding hydrogens is 266 g/mol. The maximum Gasteiger partial charge on any atom is 0.226 e. The van der Waals surface area contributed by atoms with Gasteiger partial charge in [-0.15, -0.1) is 0 Å². The number of aliphatic hydroxyl groups excluding tert-OH is 1. The molecule has 1 aliphatic carbocycles. The van der Waals surface area contributed by atoms with Crippen molar-refractivity contribution < 1.29 is 14.6 Å². The van der Waals surface area contributed by atoms with Crippen LogP contribution in [0.4, 0.5) is 0 Å². The average molecular weight is 291 g/mol. The summed E-state index contributed by atoms with van der Waals surface area (Å²) in [7, 11) is 0. The Morgan fingerprint density at radius 3 is 2.52 bits per heavy atom. The van der Waals surface area contributed by atoms with E-state index in [1.165, 1.54) is 6.42 Å². The molecule has 1 amide bonds. The van der Waals surface area contributed by atoms with Gasteiger partial charge in [0.1, 0.15) is 5.75 Å². The lowest BCUT2D eigenvalue weighted by Crippen LogP contribution is -2.46. The van der Waals surface area contributed by atoms with E-state index in [1.807, 2.05) is 36.9 Å². The third kappa shape index (κ3) is 3.97. The summed E-state index contributed by atoms with van der Waals surface area (Å²) in [5, 5.41) is 9.11. The van der Waals surface area contributed by atoms with E-state index in [4.69, 9.17) is 9.84 Å². The fraction of sp³-hybridized carbons (Fsp3) is 0.588. The van der Waals surface area contributed by atoms with Gasteiger partial charge in [-0.1, -0.05) is 18.2 Å². The molecule has 0 saturated heterocycles. The minimum absolute atomic E-state index is 0.0278. The summed E-state index contributed by atoms with van der Waals surface area (Å²) in [6, 6.07) is 6.35. The van der Waals surface area contributed by atoms with Gasteiger partial charge in [-0.3, -0.25) is 4.79 Å². The Balaban J connectivity index is 1.85. The van der Waals surface area contributed by atoms with Crippen LogP contribution in [0.1, 0.15) is 36.8 Å². The van der Waals surface area contributed by atoms with E-state index in [2.05, 4.69) is 0 Å². The molecule has 1 aromatic carbocycles. The molecule has 4 nitrogen and oxygen atoms in total. The highest BCUT2D eigenvalue weighted by Crippen LogP contribution is 2.25. The van der Waals surface area contributed by atoms with Gasteiger partial charge in [0.25, 0.3) is 0 Å². The molecule has 0 bridgehead atoms. The van der Waals surface area contributed by atoms with Gasteiger partial charge in [0, 0.05) is 12.6 Å². The molecule has 1 aromatic rings. The van der Waals surface area contributed by atoms with Crippen molar-refractivity contribution >= 4 is 5.91 Å². The van der Waals surface area contributed by atoms with E-state index < -0.39 is 0 Å². The van der Waals surface area contributed by atoms with Crippen LogP contribution in [0, 0.1) is 13.8 Å². The standard InChI is InChI=1S/C17H25NO3/c1-13-5-3-6-14(2)17(13)21-12-9-16(20)18(10-11-19)15-7-4-8-15/h3,5-6,15,19H,4,7-12H2,1-2H3. The zero-order valence-electron chi connectivity index (χ0n) is 13.0. The molecule has 0 atom stereocenters. The first-order valence-electron chi connectivity index (χ1n) is 7.73. The van der Waals surface area contributed by atoms with Crippen LogP contribution in [0.2, 0.25) is 0 Å². The predicted molar refractivity (Wildman–Crippen MR) is 82.5 cm³/mol. The Morgan fingerprint density at radius 1 is 1.33 bits per heavy atom. The van der Waals surface area contributed by atoms with Crippen LogP contribution >= 0.6 is 0 Å². The lowest BCUT2D eigenvalue weighted by molar-refractivity contribution is -0.136. The van der Waals surface area contributed by atoms with E-state index >= 15 is 0 Å². The first-order valence-corrected chi connectivity index (χ1v) is 7.73. The molecule has 1 aliphatic rings. The zero-order valence-corrected chi connectivity index (χ0v) is 13.0. The van der Waals surface area contributed by atoms with E-state index in [-0.39, 0.29) is 12.5 Å². The largest absolute Gasteiger partial charge is 0.493 e. The monoisotopic (exact) mass is 291 g/mol. The van der Waals surface area contributed by atoms with Gasteiger partial charge in [0.15, 0.2) is 0 Å². The number of amides is 1. The molecule has 0 radical (unpaired) electrons. The fourth-order valence-electron chi connectivity index (χ4n) is 2.73. The van der Waals surface area contributed by atoms with Gasteiger partial charge >= 0.3 is 0 Å². The van der Waals surface area contributed by atoms with Gasteiger partial charge in [0.2, 0.25) is 5.91 Å². The van der Waals surface area contributed by atoms with Crippen LogP contribution in [0.15, 0.2) is 18.2 Å². The summed E-state index contributed by atoms with van der Waals surface area (Å²) < 4.78 is 5.79. The van der Waals surface area contributed by atoms with Crippen LogP contribution < -0.4 is 4.74 Å². The lowest BCUT2D eigenvalue weighted by Gasteiger charge is -2.37. The van der Waals surface area contributed by atoms with Crippen molar-refractivity contribution in [3.63, 3.8) is 0 Å². The molecule has 21 heavy (non-hydrogen) atoms. The smallest absolute Gasteiger partial charge is 0.226 e. The average Bonchev–Trinajstić information content (AvgIpc) is 2.39. The SMILES string of the molecule is Cc1cccc(C)c1OCCC(=O)N(CCO)C1CCC1. The number of para-hydroxylation sites is 1. The first kappa shape index (κ1) is 15.8. The molecule has 2 rings (SSSR count). The zero-order chi connectivity index (χ0) is 15.2. The van der Waals surface area contributed by atoms with E-state index in [9.17, 15) is 4.79 Å². The minimum atomic E-state index is 0.0278. The number of aliphatic hydroxyl groups is 1. The third-order valence-electron chi connectivity index (χ3n) is 4.15. The van der Waals surface area contributed by atoms with Gasteiger partial charge in [-0.25, -0.2) is 0 Å². The minimum Gasteiger partial charge on any atom is -0.493 e. The van der Waals surface area contributed by atoms with Crippen LogP contribution in [0.5, 0.6) is 5.75 Å². The predicted octanol–water partition coefficient (Wildman–Crippen LogP) is 2.45. The topological polar surface area (TPSA) is 49.8 Å². The molecule has 0 aliphatic heterocycles. The Labute approximate surface area is 126 Å². The highest BCUT2D eigenvalue weighted by molar-refractivity contribution is 5.76. The number of ether oxygens (including phenoxy) is 1. The summed E-state index contributed by atoms with van der Waals surface area (Å²) in [5.41, 5.74) is 2.18. The van der Waals surface area contributed by atoms with Crippen LogP contribution in [-0.2, 0) is 4.79 Å². The van der Waals surface area contributed by atoms with Gasteiger partial charge in [-0.05, 0) is 44.2 Å². The van der Waals surface area contributed by atoms with E-state index in [0.717, 1.165) is 29.7 Å². The van der Waals surface area contributed by atoms with E-state index in [0.29, 0.717) is 25.6 Å². The van der Waals surface area contributed by atoms with Crippen LogP contribution in [-0.4, -0.2) is 41.7 Å². The number of rotatable bonds is 7. The molecule has 1 saturated carbocycles. The Hall–Kier alpha value is -1.55. The number of carbonyl (C=O) groups is 1. The molecule has 1 fully saturated rings. The van der Waals surface area contributed by atoms with Crippen molar-refractivity contribution in [3.8, 4) is 5.75 Å². The summed E-state index contributed by atoms with van der Waals surface area (Å²) in [6.45, 7) is 4.87. The Bertz CT molecular complexity index is 463. The third-order valence-corrected chi connectivity index (χ3v) is 4.15. The normalized spacial score (nSPS) is 14.6. The fourth-order valence-corrected chi connectivity index (χ4v) is 2.73.